The molecule has 4 heteroatoms. The van der Waals surface area contributed by atoms with Gasteiger partial charge in [0.1, 0.15) is 0 Å². The summed E-state index contributed by atoms with van der Waals surface area (Å²) in [5.41, 5.74) is 7.91. The number of nitrogens with two attached hydrogens (primary N) is 1. The van der Waals surface area contributed by atoms with Crippen molar-refractivity contribution in [2.45, 2.75) is 26.2 Å². The van der Waals surface area contributed by atoms with Crippen LogP contribution in [0.15, 0.2) is 24.4 Å². The number of nitrogens with zero attached hydrogens (tertiary/aromatic N) is 2. The van der Waals surface area contributed by atoms with Gasteiger partial charge < -0.3 is 5.73 Å². The first-order valence-corrected chi connectivity index (χ1v) is 5.85. The van der Waals surface area contributed by atoms with Crippen LogP contribution in [-0.2, 0) is 0 Å². The van der Waals surface area contributed by atoms with Crippen LogP contribution in [0.5, 0.6) is 0 Å². The third kappa shape index (κ3) is 2.08. The Balaban J connectivity index is 2.63. The zero-order valence-electron chi connectivity index (χ0n) is 10.2. The summed E-state index contributed by atoms with van der Waals surface area (Å²) in [5, 5.41) is 4.47. The number of rotatable bonds is 4. The first kappa shape index (κ1) is 11.8. The zero-order valence-corrected chi connectivity index (χ0v) is 10.2. The molecule has 0 aliphatic heterocycles. The predicted octanol–water partition coefficient (Wildman–Crippen LogP) is 1.99. The van der Waals surface area contributed by atoms with Gasteiger partial charge in [0.25, 0.3) is 0 Å². The Hall–Kier alpha value is -1.68. The molecule has 2 N–H and O–H groups in total. The quantitative estimate of drug-likeness (QED) is 0.818. The number of hydrogen-bond acceptors (Lipinski definition) is 3. The van der Waals surface area contributed by atoms with Gasteiger partial charge in [-0.15, -0.1) is 0 Å². The van der Waals surface area contributed by atoms with Crippen LogP contribution in [0.4, 0.5) is 0 Å². The molecular formula is C13H17N3O. The highest BCUT2D eigenvalue weighted by Gasteiger charge is 2.20. The van der Waals surface area contributed by atoms with E-state index >= 15 is 0 Å². The summed E-state index contributed by atoms with van der Waals surface area (Å²) in [5.74, 6) is 0.309. The van der Waals surface area contributed by atoms with E-state index in [2.05, 4.69) is 5.10 Å². The van der Waals surface area contributed by atoms with E-state index in [0.29, 0.717) is 13.0 Å². The van der Waals surface area contributed by atoms with E-state index in [1.165, 1.54) is 0 Å². The van der Waals surface area contributed by atoms with Gasteiger partial charge in [0, 0.05) is 12.6 Å². The molecule has 0 radical (unpaired) electrons. The van der Waals surface area contributed by atoms with Crippen LogP contribution < -0.4 is 5.73 Å². The van der Waals surface area contributed by atoms with E-state index in [-0.39, 0.29) is 11.7 Å². The third-order valence-electron chi connectivity index (χ3n) is 2.76. The number of pyridine rings is 1. The van der Waals surface area contributed by atoms with Crippen molar-refractivity contribution in [3.05, 3.63) is 35.7 Å². The molecule has 0 amide bonds. The predicted molar refractivity (Wildman–Crippen MR) is 67.3 cm³/mol. The molecule has 90 valence electrons. The Morgan fingerprint density at radius 3 is 2.88 bits per heavy atom. The monoisotopic (exact) mass is 231 g/mol. The smallest absolute Gasteiger partial charge is 0.168 e. The second-order valence-corrected chi connectivity index (χ2v) is 4.41. The standard InChI is InChI=1S/C13H17N3O/c1-9(2)13-12(11(17)6-7-14)10-5-3-4-8-16(10)15-13/h3-5,8-9H,6-7,14H2,1-2H3. The van der Waals surface area contributed by atoms with Crippen molar-refractivity contribution >= 4 is 11.3 Å². The molecule has 0 bridgehead atoms. The highest BCUT2D eigenvalue weighted by atomic mass is 16.1. The van der Waals surface area contributed by atoms with Gasteiger partial charge in [-0.2, -0.15) is 5.10 Å². The fraction of sp³-hybridized carbons (Fsp3) is 0.385. The van der Waals surface area contributed by atoms with Gasteiger partial charge in [0.05, 0.1) is 16.8 Å². The van der Waals surface area contributed by atoms with Crippen molar-refractivity contribution in [2.75, 3.05) is 6.54 Å². The van der Waals surface area contributed by atoms with E-state index in [4.69, 9.17) is 5.73 Å². The fourth-order valence-corrected chi connectivity index (χ4v) is 1.96. The zero-order chi connectivity index (χ0) is 12.4. The number of Topliss-reactive ketones (excluding diaryl/α,β-unsaturated/α-hetero) is 1. The maximum absolute atomic E-state index is 12.1. The Morgan fingerprint density at radius 2 is 2.24 bits per heavy atom. The summed E-state index contributed by atoms with van der Waals surface area (Å²) in [6.45, 7) is 4.46. The van der Waals surface area contributed by atoms with Crippen LogP contribution >= 0.6 is 0 Å². The molecule has 0 fully saturated rings. The maximum atomic E-state index is 12.1. The minimum atomic E-state index is 0.0809. The van der Waals surface area contributed by atoms with Crippen molar-refractivity contribution in [2.24, 2.45) is 5.73 Å². The van der Waals surface area contributed by atoms with Crippen molar-refractivity contribution in [3.8, 4) is 0 Å². The highest BCUT2D eigenvalue weighted by Crippen LogP contribution is 2.23. The molecule has 4 nitrogen and oxygen atoms in total. The molecule has 0 saturated heterocycles. The summed E-state index contributed by atoms with van der Waals surface area (Å²) < 4.78 is 1.76. The fourth-order valence-electron chi connectivity index (χ4n) is 1.96. The Kier molecular flexibility index (Phi) is 3.24. The van der Waals surface area contributed by atoms with Gasteiger partial charge in [-0.3, -0.25) is 4.79 Å². The van der Waals surface area contributed by atoms with Crippen LogP contribution in [0.25, 0.3) is 5.52 Å². The Labute approximate surface area is 100 Å². The van der Waals surface area contributed by atoms with Crippen LogP contribution in [0.1, 0.15) is 42.2 Å². The topological polar surface area (TPSA) is 60.4 Å². The summed E-state index contributed by atoms with van der Waals surface area (Å²) in [4.78, 5) is 12.1. The molecule has 2 heterocycles. The lowest BCUT2D eigenvalue weighted by molar-refractivity contribution is 0.0986. The molecule has 2 rings (SSSR count). The lowest BCUT2D eigenvalue weighted by Gasteiger charge is -2.03. The van der Waals surface area contributed by atoms with Gasteiger partial charge in [0.15, 0.2) is 5.78 Å². The van der Waals surface area contributed by atoms with Crippen molar-refractivity contribution in [1.29, 1.82) is 0 Å². The van der Waals surface area contributed by atoms with E-state index < -0.39 is 0 Å². The molecule has 2 aromatic rings. The average Bonchev–Trinajstić information content (AvgIpc) is 2.68. The first-order chi connectivity index (χ1) is 8.15. The van der Waals surface area contributed by atoms with Gasteiger partial charge in [-0.25, -0.2) is 4.52 Å². The normalized spacial score (nSPS) is 11.3. The van der Waals surface area contributed by atoms with Crippen LogP contribution in [0.2, 0.25) is 0 Å². The SMILES string of the molecule is CC(C)c1nn2ccccc2c1C(=O)CCN. The number of fused-ring (bicyclic) bond motifs is 1. The molecule has 0 spiro atoms. The van der Waals surface area contributed by atoms with Gasteiger partial charge in [-0.05, 0) is 24.6 Å². The van der Waals surface area contributed by atoms with Gasteiger partial charge >= 0.3 is 0 Å². The molecule has 17 heavy (non-hydrogen) atoms. The lowest BCUT2D eigenvalue weighted by Crippen LogP contribution is -2.10. The first-order valence-electron chi connectivity index (χ1n) is 5.85. The summed E-state index contributed by atoms with van der Waals surface area (Å²) in [7, 11) is 0. The largest absolute Gasteiger partial charge is 0.330 e. The van der Waals surface area contributed by atoms with Crippen molar-refractivity contribution in [3.63, 3.8) is 0 Å². The number of carbonyl (C=O) groups is 1. The second kappa shape index (κ2) is 4.67. The number of carbonyl (C=O) groups excluding carboxylic acids is 1. The number of aromatic nitrogens is 2. The number of hydrogen-bond donors (Lipinski definition) is 1. The Morgan fingerprint density at radius 1 is 1.47 bits per heavy atom. The molecule has 0 saturated carbocycles. The van der Waals surface area contributed by atoms with E-state index in [1.54, 1.807) is 4.52 Å². The molecular weight excluding hydrogens is 214 g/mol. The average molecular weight is 231 g/mol. The number of ketones is 1. The lowest BCUT2D eigenvalue weighted by atomic mass is 10.00. The minimum Gasteiger partial charge on any atom is -0.330 e. The molecule has 2 aromatic heterocycles. The molecule has 0 unspecified atom stereocenters. The molecule has 0 aliphatic carbocycles. The van der Waals surface area contributed by atoms with E-state index in [9.17, 15) is 4.79 Å². The maximum Gasteiger partial charge on any atom is 0.168 e. The minimum absolute atomic E-state index is 0.0809. The molecule has 0 aliphatic rings. The van der Waals surface area contributed by atoms with Crippen LogP contribution in [0.3, 0.4) is 0 Å². The molecule has 0 aromatic carbocycles. The summed E-state index contributed by atoms with van der Waals surface area (Å²) in [6, 6.07) is 5.74. The van der Waals surface area contributed by atoms with Crippen molar-refractivity contribution in [1.82, 2.24) is 9.61 Å². The Bertz CT molecular complexity index is 543. The third-order valence-corrected chi connectivity index (χ3v) is 2.76. The van der Waals surface area contributed by atoms with Crippen LogP contribution in [-0.4, -0.2) is 21.9 Å². The highest BCUT2D eigenvalue weighted by molar-refractivity contribution is 6.03. The summed E-state index contributed by atoms with van der Waals surface area (Å²) in [6.07, 6.45) is 2.23. The van der Waals surface area contributed by atoms with E-state index in [1.807, 2.05) is 38.2 Å². The van der Waals surface area contributed by atoms with Gasteiger partial charge in [-0.1, -0.05) is 19.9 Å². The van der Waals surface area contributed by atoms with E-state index in [0.717, 1.165) is 16.8 Å². The molecule has 0 atom stereocenters. The van der Waals surface area contributed by atoms with Crippen LogP contribution in [0, 0.1) is 0 Å². The van der Waals surface area contributed by atoms with Crippen molar-refractivity contribution < 1.29 is 4.79 Å². The summed E-state index contributed by atoms with van der Waals surface area (Å²) >= 11 is 0. The second-order valence-electron chi connectivity index (χ2n) is 4.41. The van der Waals surface area contributed by atoms with Gasteiger partial charge in [0.2, 0.25) is 0 Å².